The molecule has 0 aliphatic carbocycles. The first kappa shape index (κ1) is 12.2. The fourth-order valence-electron chi connectivity index (χ4n) is 1.03. The molecule has 1 aromatic rings. The van der Waals surface area contributed by atoms with Crippen LogP contribution in [0.2, 0.25) is 0 Å². The van der Waals surface area contributed by atoms with Crippen molar-refractivity contribution < 1.29 is 4.74 Å². The summed E-state index contributed by atoms with van der Waals surface area (Å²) in [6, 6.07) is 0. The van der Waals surface area contributed by atoms with Crippen molar-refractivity contribution in [2.75, 3.05) is 11.9 Å². The van der Waals surface area contributed by atoms with Gasteiger partial charge >= 0.3 is 0 Å². The quantitative estimate of drug-likeness (QED) is 0.896. The Morgan fingerprint density at radius 2 is 2.20 bits per heavy atom. The summed E-state index contributed by atoms with van der Waals surface area (Å²) in [5, 5.41) is 3.20. The van der Waals surface area contributed by atoms with E-state index in [2.05, 4.69) is 38.1 Å². The van der Waals surface area contributed by atoms with E-state index in [9.17, 15) is 0 Å². The highest BCUT2D eigenvalue weighted by Gasteiger charge is 2.10. The summed E-state index contributed by atoms with van der Waals surface area (Å²) in [6.07, 6.45) is 2.66. The van der Waals surface area contributed by atoms with E-state index in [1.807, 2.05) is 13.8 Å². The highest BCUT2D eigenvalue weighted by atomic mass is 79.9. The maximum Gasteiger partial charge on any atom is 0.233 e. The van der Waals surface area contributed by atoms with Crippen LogP contribution in [-0.2, 0) is 0 Å². The molecule has 5 heteroatoms. The highest BCUT2D eigenvalue weighted by Crippen LogP contribution is 2.28. The zero-order valence-corrected chi connectivity index (χ0v) is 10.8. The van der Waals surface area contributed by atoms with Gasteiger partial charge in [-0.05, 0) is 36.2 Å². The molecule has 0 amide bonds. The van der Waals surface area contributed by atoms with Crippen molar-refractivity contribution in [3.8, 4) is 5.88 Å². The van der Waals surface area contributed by atoms with Gasteiger partial charge in [-0.1, -0.05) is 6.92 Å². The Hall–Kier alpha value is -0.840. The van der Waals surface area contributed by atoms with Crippen LogP contribution in [0.5, 0.6) is 5.88 Å². The zero-order chi connectivity index (χ0) is 11.3. The maximum atomic E-state index is 5.53. The summed E-state index contributed by atoms with van der Waals surface area (Å²) in [5.74, 6) is 1.36. The van der Waals surface area contributed by atoms with Crippen LogP contribution in [-0.4, -0.2) is 22.6 Å². The number of aromatic nitrogens is 2. The molecule has 1 aromatic heterocycles. The van der Waals surface area contributed by atoms with Crippen LogP contribution in [0.3, 0.4) is 0 Å². The lowest BCUT2D eigenvalue weighted by molar-refractivity contribution is 0.230. The van der Waals surface area contributed by atoms with Crippen molar-refractivity contribution in [1.29, 1.82) is 0 Å². The van der Waals surface area contributed by atoms with Gasteiger partial charge in [0.15, 0.2) is 0 Å². The van der Waals surface area contributed by atoms with E-state index in [4.69, 9.17) is 4.74 Å². The van der Waals surface area contributed by atoms with E-state index in [1.165, 1.54) is 6.33 Å². The third-order valence-electron chi connectivity index (χ3n) is 1.65. The lowest BCUT2D eigenvalue weighted by atomic mass is 10.4. The van der Waals surface area contributed by atoms with Crippen LogP contribution in [0.15, 0.2) is 10.8 Å². The van der Waals surface area contributed by atoms with Gasteiger partial charge in [0.1, 0.15) is 16.6 Å². The monoisotopic (exact) mass is 273 g/mol. The summed E-state index contributed by atoms with van der Waals surface area (Å²) >= 11 is 3.43. The van der Waals surface area contributed by atoms with E-state index in [0.29, 0.717) is 5.88 Å². The number of hydrogen-bond acceptors (Lipinski definition) is 4. The molecule has 4 nitrogen and oxygen atoms in total. The lowest BCUT2D eigenvalue weighted by Gasteiger charge is -2.12. The van der Waals surface area contributed by atoms with Gasteiger partial charge in [-0.2, -0.15) is 0 Å². The van der Waals surface area contributed by atoms with Crippen LogP contribution in [0, 0.1) is 0 Å². The molecule has 0 aromatic carbocycles. The molecule has 0 atom stereocenters. The molecule has 0 aliphatic rings. The first-order valence-corrected chi connectivity index (χ1v) is 5.85. The van der Waals surface area contributed by atoms with Crippen molar-refractivity contribution >= 4 is 21.7 Å². The molecule has 84 valence electrons. The topological polar surface area (TPSA) is 47.0 Å². The van der Waals surface area contributed by atoms with E-state index in [0.717, 1.165) is 23.3 Å². The van der Waals surface area contributed by atoms with Gasteiger partial charge in [0.2, 0.25) is 5.88 Å². The molecule has 1 heterocycles. The highest BCUT2D eigenvalue weighted by molar-refractivity contribution is 9.10. The van der Waals surface area contributed by atoms with Crippen molar-refractivity contribution in [2.24, 2.45) is 0 Å². The van der Waals surface area contributed by atoms with Gasteiger partial charge < -0.3 is 10.1 Å². The summed E-state index contributed by atoms with van der Waals surface area (Å²) in [4.78, 5) is 8.20. The van der Waals surface area contributed by atoms with E-state index in [-0.39, 0.29) is 6.10 Å². The summed E-state index contributed by atoms with van der Waals surface area (Å²) in [7, 11) is 0. The molecule has 0 saturated heterocycles. The van der Waals surface area contributed by atoms with Crippen LogP contribution >= 0.6 is 15.9 Å². The number of nitrogens with zero attached hydrogens (tertiary/aromatic N) is 2. The SMILES string of the molecule is CCCNc1ncnc(OC(C)C)c1Br. The number of ether oxygens (including phenoxy) is 1. The lowest BCUT2D eigenvalue weighted by Crippen LogP contribution is -2.10. The van der Waals surface area contributed by atoms with E-state index < -0.39 is 0 Å². The Labute approximate surface area is 98.6 Å². The van der Waals surface area contributed by atoms with E-state index >= 15 is 0 Å². The van der Waals surface area contributed by atoms with Crippen molar-refractivity contribution in [2.45, 2.75) is 33.3 Å². The van der Waals surface area contributed by atoms with Crippen LogP contribution in [0.1, 0.15) is 27.2 Å². The average molecular weight is 274 g/mol. The van der Waals surface area contributed by atoms with Gasteiger partial charge in [0, 0.05) is 6.54 Å². The molecular formula is C10H16BrN3O. The zero-order valence-electron chi connectivity index (χ0n) is 9.25. The summed E-state index contributed by atoms with van der Waals surface area (Å²) in [5.41, 5.74) is 0. The molecule has 15 heavy (non-hydrogen) atoms. The van der Waals surface area contributed by atoms with Crippen LogP contribution in [0.4, 0.5) is 5.82 Å². The largest absolute Gasteiger partial charge is 0.474 e. The molecule has 0 aliphatic heterocycles. The summed E-state index contributed by atoms with van der Waals surface area (Å²) in [6.45, 7) is 6.92. The molecule has 0 saturated carbocycles. The van der Waals surface area contributed by atoms with Crippen molar-refractivity contribution in [3.05, 3.63) is 10.8 Å². The Bertz CT molecular complexity index is 318. The van der Waals surface area contributed by atoms with Crippen LogP contribution < -0.4 is 10.1 Å². The van der Waals surface area contributed by atoms with Gasteiger partial charge in [-0.15, -0.1) is 0 Å². The number of anilines is 1. The minimum Gasteiger partial charge on any atom is -0.474 e. The molecule has 0 fully saturated rings. The molecule has 0 bridgehead atoms. The second-order valence-corrected chi connectivity index (χ2v) is 4.23. The number of halogens is 1. The molecule has 0 unspecified atom stereocenters. The second-order valence-electron chi connectivity index (χ2n) is 3.43. The first-order chi connectivity index (χ1) is 7.15. The predicted octanol–water partition coefficient (Wildman–Crippen LogP) is 2.85. The second kappa shape index (κ2) is 5.90. The minimum atomic E-state index is 0.107. The Morgan fingerprint density at radius 1 is 1.47 bits per heavy atom. The maximum absolute atomic E-state index is 5.53. The molecular weight excluding hydrogens is 258 g/mol. The standard InChI is InChI=1S/C10H16BrN3O/c1-4-5-12-9-8(11)10(14-6-13-9)15-7(2)3/h6-7H,4-5H2,1-3H3,(H,12,13,14). The minimum absolute atomic E-state index is 0.107. The van der Waals surface area contributed by atoms with E-state index in [1.54, 1.807) is 0 Å². The number of nitrogens with one attached hydrogen (secondary N) is 1. The van der Waals surface area contributed by atoms with Gasteiger partial charge in [0.05, 0.1) is 6.10 Å². The molecule has 0 spiro atoms. The molecule has 1 N–H and O–H groups in total. The third-order valence-corrected chi connectivity index (χ3v) is 2.36. The Morgan fingerprint density at radius 3 is 2.80 bits per heavy atom. The van der Waals surface area contributed by atoms with Gasteiger partial charge in [0.25, 0.3) is 0 Å². The molecule has 1 rings (SSSR count). The van der Waals surface area contributed by atoms with Crippen LogP contribution in [0.25, 0.3) is 0 Å². The van der Waals surface area contributed by atoms with Gasteiger partial charge in [-0.3, -0.25) is 0 Å². The number of rotatable bonds is 5. The third kappa shape index (κ3) is 3.66. The fourth-order valence-corrected chi connectivity index (χ4v) is 1.46. The Balaban J connectivity index is 2.80. The molecule has 0 radical (unpaired) electrons. The fraction of sp³-hybridized carbons (Fsp3) is 0.600. The number of hydrogen-bond donors (Lipinski definition) is 1. The van der Waals surface area contributed by atoms with Crippen molar-refractivity contribution in [3.63, 3.8) is 0 Å². The van der Waals surface area contributed by atoms with Gasteiger partial charge in [-0.25, -0.2) is 9.97 Å². The predicted molar refractivity (Wildman–Crippen MR) is 64.3 cm³/mol. The first-order valence-electron chi connectivity index (χ1n) is 5.06. The Kier molecular flexibility index (Phi) is 4.81. The average Bonchev–Trinajstić information content (AvgIpc) is 2.19. The summed E-state index contributed by atoms with van der Waals surface area (Å²) < 4.78 is 6.31. The smallest absolute Gasteiger partial charge is 0.233 e. The van der Waals surface area contributed by atoms with Crippen molar-refractivity contribution in [1.82, 2.24) is 9.97 Å². The normalized spacial score (nSPS) is 10.5.